The Bertz CT molecular complexity index is 420. The van der Waals surface area contributed by atoms with Crippen molar-refractivity contribution in [2.24, 2.45) is 0 Å². The first-order valence-electron chi connectivity index (χ1n) is 6.05. The molecule has 0 aliphatic rings. The van der Waals surface area contributed by atoms with Crippen LogP contribution in [0.15, 0.2) is 10.9 Å². The fourth-order valence-electron chi connectivity index (χ4n) is 1.30. The third-order valence-electron chi connectivity index (χ3n) is 2.64. The quantitative estimate of drug-likeness (QED) is 0.898. The van der Waals surface area contributed by atoms with E-state index in [1.807, 2.05) is 11.8 Å². The molecule has 0 bridgehead atoms. The van der Waals surface area contributed by atoms with Gasteiger partial charge in [0.1, 0.15) is 5.82 Å². The van der Waals surface area contributed by atoms with Crippen molar-refractivity contribution in [2.75, 3.05) is 0 Å². The van der Waals surface area contributed by atoms with Crippen molar-refractivity contribution in [2.45, 2.75) is 57.5 Å². The van der Waals surface area contributed by atoms with E-state index in [0.717, 1.165) is 23.7 Å². The maximum Gasteiger partial charge on any atom is 0.251 e. The Balaban J connectivity index is 2.87. The maximum atomic E-state index is 11.6. The van der Waals surface area contributed by atoms with Crippen molar-refractivity contribution in [3.05, 3.63) is 27.9 Å². The molecule has 0 saturated carbocycles. The van der Waals surface area contributed by atoms with Gasteiger partial charge >= 0.3 is 0 Å². The lowest BCUT2D eigenvalue weighted by Gasteiger charge is -2.18. The number of aromatic amines is 1. The predicted octanol–water partition coefficient (Wildman–Crippen LogP) is 3.10. The molecule has 0 fully saturated rings. The molecule has 1 N–H and O–H groups in total. The van der Waals surface area contributed by atoms with E-state index in [9.17, 15) is 4.79 Å². The zero-order chi connectivity index (χ0) is 13.1. The van der Waals surface area contributed by atoms with Gasteiger partial charge in [-0.05, 0) is 6.42 Å². The van der Waals surface area contributed by atoms with Gasteiger partial charge in [-0.25, -0.2) is 4.98 Å². The van der Waals surface area contributed by atoms with Gasteiger partial charge in [0.05, 0.1) is 11.4 Å². The van der Waals surface area contributed by atoms with Gasteiger partial charge in [0.15, 0.2) is 0 Å². The van der Waals surface area contributed by atoms with Gasteiger partial charge in [-0.15, -0.1) is 0 Å². The minimum atomic E-state index is -0.0793. The standard InChI is InChI=1S/C13H22N2OS/c1-6-9(2)17-8-11-14-10(13(3,4)5)7-12(16)15-11/h7,9H,6,8H2,1-5H3,(H,14,15,16). The monoisotopic (exact) mass is 254 g/mol. The van der Waals surface area contributed by atoms with E-state index >= 15 is 0 Å². The minimum absolute atomic E-state index is 0.0512. The summed E-state index contributed by atoms with van der Waals surface area (Å²) in [6.07, 6.45) is 1.13. The molecule has 0 saturated heterocycles. The Labute approximate surface area is 107 Å². The van der Waals surface area contributed by atoms with Crippen LogP contribution in [0.2, 0.25) is 0 Å². The first kappa shape index (κ1) is 14.3. The predicted molar refractivity (Wildman–Crippen MR) is 74.6 cm³/mol. The fraction of sp³-hybridized carbons (Fsp3) is 0.692. The van der Waals surface area contributed by atoms with Crippen molar-refractivity contribution >= 4 is 11.8 Å². The third-order valence-corrected chi connectivity index (χ3v) is 3.98. The first-order valence-corrected chi connectivity index (χ1v) is 7.10. The van der Waals surface area contributed by atoms with Crippen LogP contribution in [-0.2, 0) is 11.2 Å². The smallest absolute Gasteiger partial charge is 0.251 e. The molecule has 17 heavy (non-hydrogen) atoms. The zero-order valence-electron chi connectivity index (χ0n) is 11.3. The normalized spacial score (nSPS) is 13.7. The summed E-state index contributed by atoms with van der Waals surface area (Å²) in [5, 5.41) is 0.596. The summed E-state index contributed by atoms with van der Waals surface area (Å²) < 4.78 is 0. The summed E-state index contributed by atoms with van der Waals surface area (Å²) >= 11 is 1.82. The van der Waals surface area contributed by atoms with Crippen molar-refractivity contribution in [3.8, 4) is 0 Å². The van der Waals surface area contributed by atoms with Gasteiger partial charge in [0.2, 0.25) is 0 Å². The molecule has 1 aromatic rings. The number of H-pyrrole nitrogens is 1. The van der Waals surface area contributed by atoms with Gasteiger partial charge in [-0.3, -0.25) is 4.79 Å². The number of nitrogens with zero attached hydrogens (tertiary/aromatic N) is 1. The van der Waals surface area contributed by atoms with Crippen LogP contribution < -0.4 is 5.56 Å². The summed E-state index contributed by atoms with van der Waals surface area (Å²) in [7, 11) is 0. The Morgan fingerprint density at radius 2 is 2.12 bits per heavy atom. The number of nitrogens with one attached hydrogen (secondary N) is 1. The number of rotatable bonds is 4. The molecule has 1 aromatic heterocycles. The van der Waals surface area contributed by atoms with Gasteiger partial charge in [0, 0.05) is 16.7 Å². The van der Waals surface area contributed by atoms with Crippen molar-refractivity contribution < 1.29 is 0 Å². The molecular weight excluding hydrogens is 232 g/mol. The van der Waals surface area contributed by atoms with Crippen LogP contribution in [0.25, 0.3) is 0 Å². The second-order valence-corrected chi connectivity index (χ2v) is 6.78. The van der Waals surface area contributed by atoms with Crippen LogP contribution in [0.3, 0.4) is 0 Å². The highest BCUT2D eigenvalue weighted by Gasteiger charge is 2.17. The second-order valence-electron chi connectivity index (χ2n) is 5.36. The van der Waals surface area contributed by atoms with Crippen LogP contribution >= 0.6 is 11.8 Å². The number of aromatic nitrogens is 2. The third kappa shape index (κ3) is 4.54. The summed E-state index contributed by atoms with van der Waals surface area (Å²) in [5.74, 6) is 1.56. The molecule has 1 unspecified atom stereocenters. The van der Waals surface area contributed by atoms with E-state index in [1.54, 1.807) is 6.07 Å². The van der Waals surface area contributed by atoms with E-state index in [4.69, 9.17) is 0 Å². The van der Waals surface area contributed by atoms with E-state index < -0.39 is 0 Å². The van der Waals surface area contributed by atoms with E-state index in [-0.39, 0.29) is 11.0 Å². The molecule has 0 spiro atoms. The average Bonchev–Trinajstić information content (AvgIpc) is 2.24. The SMILES string of the molecule is CCC(C)SCc1nc(C(C)(C)C)cc(=O)[nH]1. The fourth-order valence-corrected chi connectivity index (χ4v) is 2.11. The topological polar surface area (TPSA) is 45.8 Å². The highest BCUT2D eigenvalue weighted by molar-refractivity contribution is 7.99. The van der Waals surface area contributed by atoms with Crippen LogP contribution in [0.1, 0.15) is 52.6 Å². The zero-order valence-corrected chi connectivity index (χ0v) is 12.1. The van der Waals surface area contributed by atoms with Gasteiger partial charge in [0.25, 0.3) is 5.56 Å². The largest absolute Gasteiger partial charge is 0.310 e. The summed E-state index contributed by atoms with van der Waals surface area (Å²) in [5.41, 5.74) is 0.731. The number of thioether (sulfide) groups is 1. The minimum Gasteiger partial charge on any atom is -0.310 e. The van der Waals surface area contributed by atoms with Gasteiger partial charge in [-0.1, -0.05) is 34.6 Å². The van der Waals surface area contributed by atoms with Crippen LogP contribution in [0.5, 0.6) is 0 Å². The Morgan fingerprint density at radius 1 is 1.47 bits per heavy atom. The molecule has 0 radical (unpaired) electrons. The van der Waals surface area contributed by atoms with Crippen LogP contribution in [0, 0.1) is 0 Å². The molecular formula is C13H22N2OS. The van der Waals surface area contributed by atoms with E-state index in [1.165, 1.54) is 0 Å². The van der Waals surface area contributed by atoms with E-state index in [2.05, 4.69) is 44.6 Å². The van der Waals surface area contributed by atoms with Gasteiger partial charge in [-0.2, -0.15) is 11.8 Å². The highest BCUT2D eigenvalue weighted by atomic mass is 32.2. The lowest BCUT2D eigenvalue weighted by atomic mass is 9.92. The first-order chi connectivity index (χ1) is 7.82. The Morgan fingerprint density at radius 3 is 2.65 bits per heavy atom. The van der Waals surface area contributed by atoms with Gasteiger partial charge < -0.3 is 4.98 Å². The second kappa shape index (κ2) is 5.71. The molecule has 1 atom stereocenters. The van der Waals surface area contributed by atoms with Crippen molar-refractivity contribution in [1.82, 2.24) is 9.97 Å². The summed E-state index contributed by atoms with van der Waals surface area (Å²) in [6, 6.07) is 1.59. The summed E-state index contributed by atoms with van der Waals surface area (Å²) in [4.78, 5) is 18.9. The molecule has 0 amide bonds. The maximum absolute atomic E-state index is 11.6. The molecule has 3 nitrogen and oxygen atoms in total. The lowest BCUT2D eigenvalue weighted by molar-refractivity contribution is 0.562. The molecule has 1 heterocycles. The lowest BCUT2D eigenvalue weighted by Crippen LogP contribution is -2.21. The summed E-state index contributed by atoms with van der Waals surface area (Å²) in [6.45, 7) is 10.6. The number of hydrogen-bond donors (Lipinski definition) is 1. The Kier molecular flexibility index (Phi) is 4.80. The average molecular weight is 254 g/mol. The highest BCUT2D eigenvalue weighted by Crippen LogP contribution is 2.21. The van der Waals surface area contributed by atoms with E-state index in [0.29, 0.717) is 5.25 Å². The molecule has 4 heteroatoms. The molecule has 1 rings (SSSR count). The molecule has 0 aliphatic carbocycles. The molecule has 0 aromatic carbocycles. The molecule has 0 aliphatic heterocycles. The Hall–Kier alpha value is -0.770. The number of hydrogen-bond acceptors (Lipinski definition) is 3. The van der Waals surface area contributed by atoms with Crippen molar-refractivity contribution in [3.63, 3.8) is 0 Å². The van der Waals surface area contributed by atoms with Crippen LogP contribution in [-0.4, -0.2) is 15.2 Å². The van der Waals surface area contributed by atoms with Crippen LogP contribution in [0.4, 0.5) is 0 Å². The van der Waals surface area contributed by atoms with Crippen molar-refractivity contribution in [1.29, 1.82) is 0 Å². The molecule has 96 valence electrons.